The summed E-state index contributed by atoms with van der Waals surface area (Å²) in [5, 5.41) is 0.618. The van der Waals surface area contributed by atoms with E-state index in [9.17, 15) is 4.79 Å². The molecule has 0 aliphatic heterocycles. The number of hydrogen-bond acceptors (Lipinski definition) is 2. The summed E-state index contributed by atoms with van der Waals surface area (Å²) in [4.78, 5) is 11.7. The van der Waals surface area contributed by atoms with Gasteiger partial charge in [-0.05, 0) is 50.4 Å². The molecule has 82 valence electrons. The summed E-state index contributed by atoms with van der Waals surface area (Å²) >= 11 is 10.1. The van der Waals surface area contributed by atoms with Gasteiger partial charge >= 0.3 is 5.97 Å². The molecule has 1 aromatic carbocycles. The van der Waals surface area contributed by atoms with E-state index in [4.69, 9.17) is 4.74 Å². The Morgan fingerprint density at radius 3 is 2.60 bits per heavy atom. The zero-order valence-corrected chi connectivity index (χ0v) is 12.8. The summed E-state index contributed by atoms with van der Waals surface area (Å²) < 4.78 is 6.57. The van der Waals surface area contributed by atoms with Crippen molar-refractivity contribution in [1.29, 1.82) is 0 Å². The first-order valence-electron chi connectivity index (χ1n) is 4.31. The molecule has 0 unspecified atom stereocenters. The van der Waals surface area contributed by atoms with Crippen molar-refractivity contribution in [3.63, 3.8) is 0 Å². The lowest BCUT2D eigenvalue weighted by Crippen LogP contribution is -2.08. The van der Waals surface area contributed by atoms with Gasteiger partial charge in [-0.3, -0.25) is 0 Å². The lowest BCUT2D eigenvalue weighted by Gasteiger charge is -2.10. The maximum absolute atomic E-state index is 11.7. The minimum absolute atomic E-state index is 0.305. The molecule has 2 nitrogen and oxygen atoms in total. The molecule has 0 radical (unpaired) electrons. The Morgan fingerprint density at radius 1 is 1.40 bits per heavy atom. The van der Waals surface area contributed by atoms with E-state index in [2.05, 4.69) is 47.8 Å². The van der Waals surface area contributed by atoms with E-state index in [-0.39, 0.29) is 5.97 Å². The van der Waals surface area contributed by atoms with E-state index in [0.717, 1.165) is 14.5 Å². The Hall–Kier alpha value is 0.130. The molecule has 1 aromatic rings. The fraction of sp³-hybridized carbons (Fsp3) is 0.300. The van der Waals surface area contributed by atoms with Crippen molar-refractivity contribution in [2.75, 3.05) is 6.61 Å². The summed E-state index contributed by atoms with van der Waals surface area (Å²) in [6.45, 7) is 2.16. The second kappa shape index (κ2) is 6.01. The molecular formula is C10H9Br3O2. The molecule has 0 aromatic heterocycles. The van der Waals surface area contributed by atoms with Gasteiger partial charge in [0.15, 0.2) is 0 Å². The molecule has 0 aliphatic carbocycles. The van der Waals surface area contributed by atoms with Crippen LogP contribution >= 0.6 is 47.8 Å². The van der Waals surface area contributed by atoms with E-state index >= 15 is 0 Å². The van der Waals surface area contributed by atoms with Crippen LogP contribution in [0.15, 0.2) is 21.1 Å². The van der Waals surface area contributed by atoms with Crippen LogP contribution in [0, 0.1) is 0 Å². The number of alkyl halides is 1. The molecule has 5 heteroatoms. The fourth-order valence-electron chi connectivity index (χ4n) is 1.13. The molecule has 0 atom stereocenters. The molecule has 0 amide bonds. The standard InChI is InChI=1S/C10H9Br3O2/c1-2-15-10(14)8-6(5-11)3-4-7(12)9(8)13/h3-4H,2,5H2,1H3. The number of hydrogen-bond donors (Lipinski definition) is 0. The van der Waals surface area contributed by atoms with Crippen LogP contribution in [0.4, 0.5) is 0 Å². The van der Waals surface area contributed by atoms with Gasteiger partial charge in [-0.25, -0.2) is 4.79 Å². The Labute approximate surface area is 114 Å². The molecule has 0 bridgehead atoms. The largest absolute Gasteiger partial charge is 0.462 e. The van der Waals surface area contributed by atoms with Crippen molar-refractivity contribution < 1.29 is 9.53 Å². The molecule has 0 saturated carbocycles. The zero-order chi connectivity index (χ0) is 11.4. The van der Waals surface area contributed by atoms with Crippen LogP contribution in [0.1, 0.15) is 22.8 Å². The van der Waals surface area contributed by atoms with Crippen molar-refractivity contribution in [2.45, 2.75) is 12.3 Å². The fourth-order valence-corrected chi connectivity index (χ4v) is 2.47. The molecular weight excluding hydrogens is 392 g/mol. The molecule has 0 saturated heterocycles. The van der Waals surface area contributed by atoms with Crippen molar-refractivity contribution in [3.05, 3.63) is 32.2 Å². The lowest BCUT2D eigenvalue weighted by atomic mass is 10.1. The van der Waals surface area contributed by atoms with Crippen molar-refractivity contribution in [1.82, 2.24) is 0 Å². The third kappa shape index (κ3) is 3.04. The van der Waals surface area contributed by atoms with Crippen molar-refractivity contribution in [3.8, 4) is 0 Å². The second-order valence-corrected chi connectivity index (χ2v) is 4.96. The van der Waals surface area contributed by atoms with Gasteiger partial charge in [-0.2, -0.15) is 0 Å². The highest BCUT2D eigenvalue weighted by atomic mass is 79.9. The smallest absolute Gasteiger partial charge is 0.339 e. The monoisotopic (exact) mass is 398 g/mol. The van der Waals surface area contributed by atoms with Crippen LogP contribution in [0.3, 0.4) is 0 Å². The van der Waals surface area contributed by atoms with Crippen LogP contribution in [-0.4, -0.2) is 12.6 Å². The van der Waals surface area contributed by atoms with Gasteiger partial charge < -0.3 is 4.74 Å². The number of benzene rings is 1. The Morgan fingerprint density at radius 2 is 2.07 bits per heavy atom. The minimum Gasteiger partial charge on any atom is -0.462 e. The Balaban J connectivity index is 3.23. The summed E-state index contributed by atoms with van der Waals surface area (Å²) in [7, 11) is 0. The van der Waals surface area contributed by atoms with E-state index in [1.54, 1.807) is 6.92 Å². The first kappa shape index (κ1) is 13.2. The van der Waals surface area contributed by atoms with Gasteiger partial charge in [0.2, 0.25) is 0 Å². The topological polar surface area (TPSA) is 26.3 Å². The summed E-state index contributed by atoms with van der Waals surface area (Å²) in [5.41, 5.74) is 1.48. The highest BCUT2D eigenvalue weighted by Gasteiger charge is 2.17. The van der Waals surface area contributed by atoms with Gasteiger partial charge in [0, 0.05) is 14.3 Å². The van der Waals surface area contributed by atoms with Gasteiger partial charge in [0.1, 0.15) is 0 Å². The SMILES string of the molecule is CCOC(=O)c1c(CBr)ccc(Br)c1Br. The van der Waals surface area contributed by atoms with Crippen LogP contribution in [-0.2, 0) is 10.1 Å². The number of rotatable bonds is 3. The predicted molar refractivity (Wildman–Crippen MR) is 70.4 cm³/mol. The third-order valence-electron chi connectivity index (χ3n) is 1.80. The molecule has 1 rings (SSSR count). The maximum atomic E-state index is 11.7. The van der Waals surface area contributed by atoms with E-state index in [1.165, 1.54) is 0 Å². The Bertz CT molecular complexity index is 377. The summed E-state index contributed by atoms with van der Waals surface area (Å²) in [6.07, 6.45) is 0. The van der Waals surface area contributed by atoms with Crippen LogP contribution in [0.25, 0.3) is 0 Å². The van der Waals surface area contributed by atoms with Crippen LogP contribution < -0.4 is 0 Å². The first-order chi connectivity index (χ1) is 7.11. The number of carbonyl (C=O) groups is 1. The van der Waals surface area contributed by atoms with E-state index in [1.807, 2.05) is 12.1 Å². The molecule has 0 spiro atoms. The van der Waals surface area contributed by atoms with Gasteiger partial charge in [0.25, 0.3) is 0 Å². The van der Waals surface area contributed by atoms with E-state index in [0.29, 0.717) is 17.5 Å². The third-order valence-corrected chi connectivity index (χ3v) is 4.43. The average Bonchev–Trinajstić information content (AvgIpc) is 2.22. The van der Waals surface area contributed by atoms with Gasteiger partial charge in [-0.15, -0.1) is 0 Å². The normalized spacial score (nSPS) is 10.1. The maximum Gasteiger partial charge on any atom is 0.339 e. The Kier molecular flexibility index (Phi) is 5.29. The average molecular weight is 401 g/mol. The number of carbonyl (C=O) groups excluding carboxylic acids is 1. The highest BCUT2D eigenvalue weighted by Crippen LogP contribution is 2.31. The van der Waals surface area contributed by atoms with E-state index < -0.39 is 0 Å². The second-order valence-electron chi connectivity index (χ2n) is 2.75. The first-order valence-corrected chi connectivity index (χ1v) is 7.02. The minimum atomic E-state index is -0.305. The molecule has 0 fully saturated rings. The van der Waals surface area contributed by atoms with Gasteiger partial charge in [-0.1, -0.05) is 22.0 Å². The van der Waals surface area contributed by atoms with Crippen LogP contribution in [0.5, 0.6) is 0 Å². The van der Waals surface area contributed by atoms with Crippen LogP contribution in [0.2, 0.25) is 0 Å². The molecule has 0 aliphatic rings. The molecule has 15 heavy (non-hydrogen) atoms. The van der Waals surface area contributed by atoms with Crippen molar-refractivity contribution >= 4 is 53.8 Å². The number of ether oxygens (including phenoxy) is 1. The number of esters is 1. The zero-order valence-electron chi connectivity index (χ0n) is 8.02. The quantitative estimate of drug-likeness (QED) is 0.559. The van der Waals surface area contributed by atoms with Crippen molar-refractivity contribution in [2.24, 2.45) is 0 Å². The summed E-state index contributed by atoms with van der Waals surface area (Å²) in [5.74, 6) is -0.305. The summed E-state index contributed by atoms with van der Waals surface area (Å²) in [6, 6.07) is 3.78. The molecule has 0 N–H and O–H groups in total. The molecule has 0 heterocycles. The van der Waals surface area contributed by atoms with Gasteiger partial charge in [0.05, 0.1) is 12.2 Å². The lowest BCUT2D eigenvalue weighted by molar-refractivity contribution is 0.0524. The predicted octanol–water partition coefficient (Wildman–Crippen LogP) is 4.28. The number of halogens is 3. The highest BCUT2D eigenvalue weighted by molar-refractivity contribution is 9.13.